The minimum atomic E-state index is -4.61. The van der Waals surface area contributed by atoms with Crippen LogP contribution in [-0.4, -0.2) is 15.0 Å². The minimum Gasteiger partial charge on any atom is -0.461 e. The van der Waals surface area contributed by atoms with E-state index in [0.717, 1.165) is 11.8 Å². The summed E-state index contributed by atoms with van der Waals surface area (Å²) in [5, 5.41) is 9.17. The second-order valence-electron chi connectivity index (χ2n) is 5.08. The number of pyridine rings is 1. The number of hydrogen-bond acceptors (Lipinski definition) is 7. The number of nitrogens with two attached hydrogens (primary N) is 1. The van der Waals surface area contributed by atoms with E-state index in [1.54, 1.807) is 13.0 Å². The topological polar surface area (TPSA) is 102 Å². The van der Waals surface area contributed by atoms with Crippen LogP contribution in [0.4, 0.5) is 19.0 Å². The monoisotopic (exact) mass is 365 g/mol. The number of aromatic nitrogens is 3. The van der Waals surface area contributed by atoms with E-state index < -0.39 is 11.9 Å². The zero-order valence-corrected chi connectivity index (χ0v) is 13.5. The molecule has 1 atom stereocenters. The van der Waals surface area contributed by atoms with E-state index >= 15 is 0 Å². The first-order valence-electron chi connectivity index (χ1n) is 6.93. The predicted octanol–water partition coefficient (Wildman–Crippen LogP) is 3.94. The molecule has 1 unspecified atom stereocenters. The number of furan rings is 1. The van der Waals surface area contributed by atoms with Gasteiger partial charge in [-0.15, -0.1) is 0 Å². The molecule has 3 rings (SSSR count). The Balaban J connectivity index is 1.91. The molecule has 6 nitrogen and oxygen atoms in total. The van der Waals surface area contributed by atoms with Crippen LogP contribution in [0, 0.1) is 11.3 Å². The van der Waals surface area contributed by atoms with E-state index in [4.69, 9.17) is 15.4 Å². The Kier molecular flexibility index (Phi) is 4.26. The summed E-state index contributed by atoms with van der Waals surface area (Å²) < 4.78 is 43.7. The number of nitrogens with zero attached hydrogens (tertiary/aromatic N) is 4. The van der Waals surface area contributed by atoms with E-state index in [2.05, 4.69) is 15.0 Å². The third-order valence-corrected chi connectivity index (χ3v) is 4.31. The van der Waals surface area contributed by atoms with Crippen molar-refractivity contribution in [3.63, 3.8) is 0 Å². The van der Waals surface area contributed by atoms with Crippen LogP contribution in [0.2, 0.25) is 0 Å². The van der Waals surface area contributed by atoms with Gasteiger partial charge in [-0.25, -0.2) is 9.97 Å². The number of fused-ring (bicyclic) bond motifs is 1. The number of rotatable bonds is 3. The highest BCUT2D eigenvalue weighted by molar-refractivity contribution is 7.99. The number of nitriles is 1. The Hall–Kier alpha value is -2.80. The van der Waals surface area contributed by atoms with Gasteiger partial charge in [0.2, 0.25) is 0 Å². The Bertz CT molecular complexity index is 979. The molecule has 10 heteroatoms. The lowest BCUT2D eigenvalue weighted by molar-refractivity contribution is -0.141. The van der Waals surface area contributed by atoms with Crippen LogP contribution in [-0.2, 0) is 6.18 Å². The quantitative estimate of drug-likeness (QED) is 0.554. The molecular weight excluding hydrogens is 355 g/mol. The van der Waals surface area contributed by atoms with Crippen LogP contribution in [0.15, 0.2) is 34.2 Å². The van der Waals surface area contributed by atoms with Crippen molar-refractivity contribution in [3.05, 3.63) is 41.5 Å². The number of thioether (sulfide) groups is 1. The van der Waals surface area contributed by atoms with E-state index in [9.17, 15) is 13.2 Å². The van der Waals surface area contributed by atoms with Gasteiger partial charge in [0.1, 0.15) is 18.2 Å². The highest BCUT2D eigenvalue weighted by Crippen LogP contribution is 2.36. The zero-order chi connectivity index (χ0) is 18.2. The third-order valence-electron chi connectivity index (χ3n) is 3.32. The third kappa shape index (κ3) is 3.51. The Morgan fingerprint density at radius 2 is 2.08 bits per heavy atom. The molecule has 0 amide bonds. The summed E-state index contributed by atoms with van der Waals surface area (Å²) in [5.74, 6) is -0.262. The van der Waals surface area contributed by atoms with Gasteiger partial charge in [-0.3, -0.25) is 4.98 Å². The molecule has 25 heavy (non-hydrogen) atoms. The van der Waals surface area contributed by atoms with Crippen LogP contribution in [0.1, 0.15) is 29.1 Å². The Morgan fingerprint density at radius 3 is 2.76 bits per heavy atom. The predicted molar refractivity (Wildman–Crippen MR) is 84.4 cm³/mol. The number of nitrogen functional groups attached to an aromatic ring is 1. The highest BCUT2D eigenvalue weighted by Gasteiger charge is 2.33. The molecule has 2 N–H and O–H groups in total. The number of alkyl halides is 3. The van der Waals surface area contributed by atoms with Crippen LogP contribution >= 0.6 is 11.8 Å². The zero-order valence-electron chi connectivity index (χ0n) is 12.7. The first kappa shape index (κ1) is 17.0. The van der Waals surface area contributed by atoms with Gasteiger partial charge in [-0.05, 0) is 13.0 Å². The second-order valence-corrected chi connectivity index (χ2v) is 6.39. The Labute approximate surface area is 143 Å². The fourth-order valence-electron chi connectivity index (χ4n) is 2.12. The molecule has 0 bridgehead atoms. The molecule has 0 fully saturated rings. The van der Waals surface area contributed by atoms with Crippen molar-refractivity contribution in [2.24, 2.45) is 0 Å². The maximum atomic E-state index is 12.8. The average molecular weight is 365 g/mol. The lowest BCUT2D eigenvalue weighted by atomic mass is 10.2. The largest absolute Gasteiger partial charge is 0.461 e. The molecule has 0 saturated carbocycles. The maximum Gasteiger partial charge on any atom is 0.433 e. The summed E-state index contributed by atoms with van der Waals surface area (Å²) >= 11 is 0.987. The van der Waals surface area contributed by atoms with E-state index in [1.807, 2.05) is 6.07 Å². The molecule has 3 aromatic rings. The molecule has 0 aliphatic heterocycles. The molecule has 0 spiro atoms. The summed E-state index contributed by atoms with van der Waals surface area (Å²) in [4.78, 5) is 11.5. The lowest BCUT2D eigenvalue weighted by Crippen LogP contribution is -2.11. The Morgan fingerprint density at radius 1 is 1.32 bits per heavy atom. The van der Waals surface area contributed by atoms with Gasteiger partial charge in [0.25, 0.3) is 0 Å². The van der Waals surface area contributed by atoms with Crippen LogP contribution in [0.5, 0.6) is 0 Å². The molecule has 0 aromatic carbocycles. The molecule has 0 aliphatic rings. The van der Waals surface area contributed by atoms with Crippen LogP contribution in [0.25, 0.3) is 11.0 Å². The normalized spacial score (nSPS) is 12.9. The van der Waals surface area contributed by atoms with Crippen molar-refractivity contribution in [1.82, 2.24) is 15.0 Å². The SMILES string of the molecule is CC(Sc1nc(N)cc(C(F)(F)F)n1)c1cc2c(C#N)coc2cn1. The molecule has 3 heterocycles. The van der Waals surface area contributed by atoms with Gasteiger partial charge in [-0.2, -0.15) is 18.4 Å². The molecule has 3 aromatic heterocycles. The standard InChI is InChI=1S/C15H10F3N5OS/c1-7(10-2-9-8(4-19)6-24-11(9)5-21-10)25-14-22-12(15(16,17)18)3-13(20)23-14/h2-3,5-7H,1H3,(H2,20,22,23). The summed E-state index contributed by atoms with van der Waals surface area (Å²) in [6.07, 6.45) is -1.82. The van der Waals surface area contributed by atoms with Gasteiger partial charge >= 0.3 is 6.18 Å². The molecule has 0 aliphatic carbocycles. The van der Waals surface area contributed by atoms with E-state index in [0.29, 0.717) is 28.3 Å². The molecular formula is C15H10F3N5OS. The van der Waals surface area contributed by atoms with Gasteiger partial charge < -0.3 is 10.2 Å². The number of anilines is 1. The van der Waals surface area contributed by atoms with Crippen molar-refractivity contribution in [2.75, 3.05) is 5.73 Å². The number of hydrogen-bond donors (Lipinski definition) is 1. The molecule has 0 saturated heterocycles. The van der Waals surface area contributed by atoms with E-state index in [1.165, 1.54) is 12.5 Å². The summed E-state index contributed by atoms with van der Waals surface area (Å²) in [5.41, 5.74) is 5.71. The fraction of sp³-hybridized carbons (Fsp3) is 0.200. The average Bonchev–Trinajstić information content (AvgIpc) is 2.95. The summed E-state index contributed by atoms with van der Waals surface area (Å²) in [6, 6.07) is 4.35. The smallest absolute Gasteiger partial charge is 0.433 e. The van der Waals surface area contributed by atoms with Crippen molar-refractivity contribution in [1.29, 1.82) is 5.26 Å². The molecule has 0 radical (unpaired) electrons. The summed E-state index contributed by atoms with van der Waals surface area (Å²) in [6.45, 7) is 1.74. The van der Waals surface area contributed by atoms with Gasteiger partial charge in [0.05, 0.1) is 22.7 Å². The second kappa shape index (κ2) is 6.25. The van der Waals surface area contributed by atoms with Crippen molar-refractivity contribution >= 4 is 28.5 Å². The minimum absolute atomic E-state index is 0.102. The van der Waals surface area contributed by atoms with Crippen molar-refractivity contribution < 1.29 is 17.6 Å². The van der Waals surface area contributed by atoms with Crippen molar-refractivity contribution in [2.45, 2.75) is 23.5 Å². The molecule has 128 valence electrons. The number of halogens is 3. The summed E-state index contributed by atoms with van der Waals surface area (Å²) in [7, 11) is 0. The van der Waals surface area contributed by atoms with Crippen molar-refractivity contribution in [3.8, 4) is 6.07 Å². The highest BCUT2D eigenvalue weighted by atomic mass is 32.2. The van der Waals surface area contributed by atoms with Crippen LogP contribution in [0.3, 0.4) is 0 Å². The lowest BCUT2D eigenvalue weighted by Gasteiger charge is -2.12. The first-order chi connectivity index (χ1) is 11.8. The maximum absolute atomic E-state index is 12.8. The fourth-order valence-corrected chi connectivity index (χ4v) is 2.99. The van der Waals surface area contributed by atoms with Gasteiger partial charge in [0.15, 0.2) is 16.4 Å². The first-order valence-corrected chi connectivity index (χ1v) is 7.81. The van der Waals surface area contributed by atoms with Crippen LogP contribution < -0.4 is 5.73 Å². The van der Waals surface area contributed by atoms with Gasteiger partial charge in [0, 0.05) is 11.5 Å². The van der Waals surface area contributed by atoms with Gasteiger partial charge in [-0.1, -0.05) is 11.8 Å². The van der Waals surface area contributed by atoms with E-state index in [-0.39, 0.29) is 16.2 Å².